The Labute approximate surface area is 224 Å². The molecule has 196 valence electrons. The number of hydrogen-bond donors (Lipinski definition) is 1. The lowest BCUT2D eigenvalue weighted by atomic mass is 10.1. The van der Waals surface area contributed by atoms with Crippen molar-refractivity contribution in [2.24, 2.45) is 0 Å². The number of methoxy groups -OCH3 is 2. The van der Waals surface area contributed by atoms with Gasteiger partial charge in [0.15, 0.2) is 11.5 Å². The van der Waals surface area contributed by atoms with Gasteiger partial charge < -0.3 is 24.1 Å². The van der Waals surface area contributed by atoms with E-state index in [1.165, 1.54) is 16.8 Å². The molecule has 0 aliphatic carbocycles. The summed E-state index contributed by atoms with van der Waals surface area (Å²) in [5, 5.41) is 3.43. The van der Waals surface area contributed by atoms with Crippen LogP contribution < -0.4 is 25.1 Å². The van der Waals surface area contributed by atoms with E-state index in [0.717, 1.165) is 10.9 Å². The zero-order valence-corrected chi connectivity index (χ0v) is 21.6. The number of benzene rings is 2. The number of carbonyl (C=O) groups is 1. The molecule has 9 heteroatoms. The minimum atomic E-state index is -0.544. The minimum Gasteiger partial charge on any atom is -0.493 e. The maximum atomic E-state index is 13.1. The predicted molar refractivity (Wildman–Crippen MR) is 148 cm³/mol. The van der Waals surface area contributed by atoms with Gasteiger partial charge in [0, 0.05) is 23.8 Å². The minimum absolute atomic E-state index is 0.0232. The van der Waals surface area contributed by atoms with Gasteiger partial charge in [-0.15, -0.1) is 0 Å². The molecule has 39 heavy (non-hydrogen) atoms. The second-order valence-corrected chi connectivity index (χ2v) is 8.69. The Bertz CT molecular complexity index is 1680. The molecule has 0 saturated carbocycles. The van der Waals surface area contributed by atoms with Crippen molar-refractivity contribution in [3.05, 3.63) is 113 Å². The van der Waals surface area contributed by atoms with E-state index >= 15 is 0 Å². The lowest BCUT2D eigenvalue weighted by Gasteiger charge is -2.16. The fraction of sp³-hybridized carbons (Fsp3) is 0.133. The van der Waals surface area contributed by atoms with Gasteiger partial charge in [-0.2, -0.15) is 0 Å². The van der Waals surface area contributed by atoms with Gasteiger partial charge in [0.1, 0.15) is 22.9 Å². The molecule has 2 aromatic carbocycles. The molecule has 0 bridgehead atoms. The molecule has 1 N–H and O–H groups in total. The van der Waals surface area contributed by atoms with Crippen LogP contribution >= 0.6 is 0 Å². The molecule has 1 atom stereocenters. The van der Waals surface area contributed by atoms with Crippen molar-refractivity contribution < 1.29 is 19.0 Å². The molecule has 0 spiro atoms. The van der Waals surface area contributed by atoms with Crippen molar-refractivity contribution >= 4 is 22.6 Å². The van der Waals surface area contributed by atoms with Gasteiger partial charge in [-0.1, -0.05) is 30.3 Å². The largest absolute Gasteiger partial charge is 0.493 e. The van der Waals surface area contributed by atoms with Crippen LogP contribution in [0.1, 0.15) is 28.9 Å². The Morgan fingerprint density at radius 2 is 1.67 bits per heavy atom. The smallest absolute Gasteiger partial charge is 0.263 e. The molecule has 0 fully saturated rings. The average Bonchev–Trinajstić information content (AvgIpc) is 2.97. The summed E-state index contributed by atoms with van der Waals surface area (Å²) in [6.07, 6.45) is 4.80. The van der Waals surface area contributed by atoms with Crippen molar-refractivity contribution in [3.63, 3.8) is 0 Å². The van der Waals surface area contributed by atoms with Crippen LogP contribution in [0.3, 0.4) is 0 Å². The van der Waals surface area contributed by atoms with Gasteiger partial charge in [0.25, 0.3) is 11.5 Å². The molecular formula is C30H26N4O5. The topological polar surface area (TPSA) is 105 Å². The molecule has 0 aliphatic rings. The van der Waals surface area contributed by atoms with Gasteiger partial charge in [-0.3, -0.25) is 14.6 Å². The molecular weight excluding hydrogens is 496 g/mol. The Morgan fingerprint density at radius 3 is 2.38 bits per heavy atom. The number of nitrogens with zero attached hydrogens (tertiary/aromatic N) is 3. The van der Waals surface area contributed by atoms with Crippen LogP contribution in [-0.2, 0) is 0 Å². The van der Waals surface area contributed by atoms with Crippen LogP contribution in [0.4, 0.5) is 5.82 Å². The molecule has 5 rings (SSSR count). The standard InChI is InChI=1S/C30H26N4O5/c1-19(20-8-5-4-6-9-20)34-15-7-10-22(30(34)36)29(35)33-28-12-11-21(18-32-28)39-25-13-14-31-24-17-27(38-3)26(37-2)16-23(24)25/h4-19H,1-3H3,(H,32,33,35)/t19-/m0/s1. The van der Waals surface area contributed by atoms with Crippen molar-refractivity contribution in [2.75, 3.05) is 19.5 Å². The molecule has 5 aromatic rings. The van der Waals surface area contributed by atoms with Crippen LogP contribution in [0.2, 0.25) is 0 Å². The van der Waals surface area contributed by atoms with Gasteiger partial charge >= 0.3 is 0 Å². The first-order valence-electron chi connectivity index (χ1n) is 12.2. The third kappa shape index (κ3) is 5.28. The summed E-state index contributed by atoms with van der Waals surface area (Å²) in [6.45, 7) is 1.91. The molecule has 0 unspecified atom stereocenters. The lowest BCUT2D eigenvalue weighted by molar-refractivity contribution is 0.102. The number of rotatable bonds is 8. The number of hydrogen-bond acceptors (Lipinski definition) is 7. The highest BCUT2D eigenvalue weighted by atomic mass is 16.5. The normalized spacial score (nSPS) is 11.6. The van der Waals surface area contributed by atoms with Crippen molar-refractivity contribution in [1.29, 1.82) is 0 Å². The number of pyridine rings is 3. The number of fused-ring (bicyclic) bond motifs is 1. The van der Waals surface area contributed by atoms with E-state index in [9.17, 15) is 9.59 Å². The summed E-state index contributed by atoms with van der Waals surface area (Å²) in [5.41, 5.74) is 1.28. The molecule has 0 saturated heterocycles. The maximum absolute atomic E-state index is 13.1. The highest BCUT2D eigenvalue weighted by molar-refractivity contribution is 6.03. The second-order valence-electron chi connectivity index (χ2n) is 8.69. The van der Waals surface area contributed by atoms with E-state index in [0.29, 0.717) is 28.5 Å². The van der Waals surface area contributed by atoms with Crippen LogP contribution in [0.15, 0.2) is 96.2 Å². The molecule has 3 heterocycles. The fourth-order valence-electron chi connectivity index (χ4n) is 4.24. The summed E-state index contributed by atoms with van der Waals surface area (Å²) in [7, 11) is 3.13. The van der Waals surface area contributed by atoms with Crippen molar-refractivity contribution in [1.82, 2.24) is 14.5 Å². The first kappa shape index (κ1) is 25.5. The third-order valence-corrected chi connectivity index (χ3v) is 6.33. The Balaban J connectivity index is 1.33. The van der Waals surface area contributed by atoms with E-state index in [1.54, 1.807) is 63.0 Å². The molecule has 0 radical (unpaired) electrons. The lowest BCUT2D eigenvalue weighted by Crippen LogP contribution is -2.30. The number of anilines is 1. The highest BCUT2D eigenvalue weighted by Crippen LogP contribution is 2.36. The van der Waals surface area contributed by atoms with E-state index in [2.05, 4.69) is 15.3 Å². The monoisotopic (exact) mass is 522 g/mol. The van der Waals surface area contributed by atoms with E-state index in [1.807, 2.05) is 37.3 Å². The number of nitrogens with one attached hydrogen (secondary N) is 1. The van der Waals surface area contributed by atoms with Gasteiger partial charge in [-0.25, -0.2) is 4.98 Å². The van der Waals surface area contributed by atoms with Gasteiger partial charge in [-0.05, 0) is 48.9 Å². The van der Waals surface area contributed by atoms with Crippen LogP contribution in [-0.4, -0.2) is 34.7 Å². The zero-order chi connectivity index (χ0) is 27.4. The second kappa shape index (κ2) is 11.1. The zero-order valence-electron chi connectivity index (χ0n) is 21.6. The number of aromatic nitrogens is 3. The molecule has 9 nitrogen and oxygen atoms in total. The number of ether oxygens (including phenoxy) is 3. The van der Waals surface area contributed by atoms with Crippen LogP contribution in [0.25, 0.3) is 10.9 Å². The molecule has 1 amide bonds. The molecule has 3 aromatic heterocycles. The highest BCUT2D eigenvalue weighted by Gasteiger charge is 2.17. The fourth-order valence-corrected chi connectivity index (χ4v) is 4.24. The van der Waals surface area contributed by atoms with Crippen molar-refractivity contribution in [2.45, 2.75) is 13.0 Å². The molecule has 0 aliphatic heterocycles. The average molecular weight is 523 g/mol. The van der Waals surface area contributed by atoms with Gasteiger partial charge in [0.05, 0.1) is 32.0 Å². The summed E-state index contributed by atoms with van der Waals surface area (Å²) in [5.74, 6) is 1.86. The van der Waals surface area contributed by atoms with Crippen LogP contribution in [0, 0.1) is 0 Å². The first-order valence-corrected chi connectivity index (χ1v) is 12.2. The summed E-state index contributed by atoms with van der Waals surface area (Å²) in [6, 6.07) is 21.2. The Kier molecular flexibility index (Phi) is 7.22. The Morgan fingerprint density at radius 1 is 0.897 bits per heavy atom. The van der Waals surface area contributed by atoms with Gasteiger partial charge in [0.2, 0.25) is 0 Å². The third-order valence-electron chi connectivity index (χ3n) is 6.33. The summed E-state index contributed by atoms with van der Waals surface area (Å²) < 4.78 is 18.3. The summed E-state index contributed by atoms with van der Waals surface area (Å²) in [4.78, 5) is 34.7. The number of amides is 1. The van der Waals surface area contributed by atoms with Crippen LogP contribution in [0.5, 0.6) is 23.0 Å². The quantitative estimate of drug-likeness (QED) is 0.288. The summed E-state index contributed by atoms with van der Waals surface area (Å²) >= 11 is 0. The van der Waals surface area contributed by atoms with E-state index in [-0.39, 0.29) is 23.0 Å². The SMILES string of the molecule is COc1cc2nccc(Oc3ccc(NC(=O)c4cccn([C@@H](C)c5ccccc5)c4=O)nc3)c2cc1OC. The van der Waals surface area contributed by atoms with E-state index < -0.39 is 5.91 Å². The number of carbonyl (C=O) groups excluding carboxylic acids is 1. The maximum Gasteiger partial charge on any atom is 0.263 e. The van der Waals surface area contributed by atoms with Crippen molar-refractivity contribution in [3.8, 4) is 23.0 Å². The first-order chi connectivity index (χ1) is 19.0. The van der Waals surface area contributed by atoms with E-state index in [4.69, 9.17) is 14.2 Å². The predicted octanol–water partition coefficient (Wildman–Crippen LogP) is 5.46. The Hall–Kier alpha value is -5.18.